The lowest BCUT2D eigenvalue weighted by Crippen LogP contribution is -2.43. The van der Waals surface area contributed by atoms with E-state index in [-0.39, 0.29) is 18.9 Å². The summed E-state index contributed by atoms with van der Waals surface area (Å²) >= 11 is 1.45. The summed E-state index contributed by atoms with van der Waals surface area (Å²) in [6, 6.07) is 15.4. The molecular weight excluding hydrogens is 464 g/mol. The molecule has 0 saturated carbocycles. The van der Waals surface area contributed by atoms with Gasteiger partial charge < -0.3 is 20.5 Å². The Kier molecular flexibility index (Phi) is 7.45. The number of thiazole rings is 1. The summed E-state index contributed by atoms with van der Waals surface area (Å²) < 4.78 is 5.66. The average Bonchev–Trinajstić information content (AvgIpc) is 3.45. The number of rotatable bonds is 10. The number of hydrogen-bond donors (Lipinski definition) is 4. The molecule has 1 aliphatic rings. The minimum Gasteiger partial charge on any atom is -0.492 e. The molecule has 0 saturated heterocycles. The van der Waals surface area contributed by atoms with Crippen molar-refractivity contribution in [3.05, 3.63) is 70.0 Å². The monoisotopic (exact) mass is 492 g/mol. The molecule has 0 unspecified atom stereocenters. The van der Waals surface area contributed by atoms with E-state index in [2.05, 4.69) is 15.6 Å². The Labute approximate surface area is 207 Å². The molecule has 3 aromatic rings. The second-order valence-corrected chi connectivity index (χ2v) is 9.65. The lowest BCUT2D eigenvalue weighted by atomic mass is 9.80. The third-order valence-corrected chi connectivity index (χ3v) is 6.86. The molecule has 182 valence electrons. The molecule has 0 bridgehead atoms. The van der Waals surface area contributed by atoms with Crippen LogP contribution in [0.2, 0.25) is 0 Å². The molecule has 4 N–H and O–H groups in total. The topological polar surface area (TPSA) is 124 Å². The van der Waals surface area contributed by atoms with Crippen LogP contribution in [0.4, 0.5) is 0 Å². The number of amidine groups is 1. The summed E-state index contributed by atoms with van der Waals surface area (Å²) in [5, 5.41) is 25.3. The highest BCUT2D eigenvalue weighted by Gasteiger charge is 2.45. The lowest BCUT2D eigenvalue weighted by molar-refractivity contribution is -0.145. The largest absolute Gasteiger partial charge is 0.492 e. The molecule has 0 aliphatic heterocycles. The zero-order chi connectivity index (χ0) is 24.8. The Morgan fingerprint density at radius 3 is 2.43 bits per heavy atom. The number of carbonyl (C=O) groups excluding carboxylic acids is 1. The number of hydrogen-bond acceptors (Lipinski definition) is 6. The van der Waals surface area contributed by atoms with Gasteiger partial charge in [0.1, 0.15) is 17.4 Å². The Morgan fingerprint density at radius 1 is 1.11 bits per heavy atom. The number of carbonyl (C=O) groups is 2. The van der Waals surface area contributed by atoms with Gasteiger partial charge in [-0.25, -0.2) is 4.98 Å². The number of aromatic nitrogens is 1. The van der Waals surface area contributed by atoms with E-state index in [0.29, 0.717) is 31.8 Å². The Bertz CT molecular complexity index is 1200. The number of aliphatic carboxylic acids is 1. The first kappa shape index (κ1) is 24.4. The molecule has 1 aromatic heterocycles. The summed E-state index contributed by atoms with van der Waals surface area (Å²) in [4.78, 5) is 29.4. The molecule has 8 nitrogen and oxygen atoms in total. The van der Waals surface area contributed by atoms with Gasteiger partial charge in [0, 0.05) is 10.9 Å². The van der Waals surface area contributed by atoms with Crippen molar-refractivity contribution in [3.63, 3.8) is 0 Å². The van der Waals surface area contributed by atoms with Crippen LogP contribution >= 0.6 is 11.3 Å². The number of carboxylic acids is 1. The van der Waals surface area contributed by atoms with Gasteiger partial charge >= 0.3 is 5.97 Å². The van der Waals surface area contributed by atoms with Crippen molar-refractivity contribution < 1.29 is 19.4 Å². The molecule has 2 aromatic carbocycles. The second-order valence-electron chi connectivity index (χ2n) is 8.71. The molecule has 1 amide bonds. The summed E-state index contributed by atoms with van der Waals surface area (Å²) in [6.45, 7) is 2.97. The summed E-state index contributed by atoms with van der Waals surface area (Å²) in [5.74, 6) is -0.0767. The van der Waals surface area contributed by atoms with Gasteiger partial charge in [-0.1, -0.05) is 24.3 Å². The number of carboxylic acid groups (broad SMARTS) is 1. The quantitative estimate of drug-likeness (QED) is 0.195. The SMILES string of the molecule is CC(=N)NCCOc1ccc(-c2csc(CNC(=O)C3(CC(=O)O)Cc4ccccc4C3)n2)cc1. The maximum atomic E-state index is 13.2. The average molecular weight is 493 g/mol. The molecule has 1 heterocycles. The number of amides is 1. The number of nitrogens with one attached hydrogen (secondary N) is 3. The normalized spacial score (nSPS) is 13.6. The van der Waals surface area contributed by atoms with Gasteiger partial charge in [0.05, 0.1) is 36.5 Å². The number of ether oxygens (including phenoxy) is 1. The zero-order valence-corrected chi connectivity index (χ0v) is 20.3. The highest BCUT2D eigenvalue weighted by molar-refractivity contribution is 7.09. The smallest absolute Gasteiger partial charge is 0.304 e. The molecule has 0 spiro atoms. The Hall–Kier alpha value is -3.72. The van der Waals surface area contributed by atoms with E-state index in [1.54, 1.807) is 6.92 Å². The van der Waals surface area contributed by atoms with Crippen LogP contribution in [-0.4, -0.2) is 41.0 Å². The van der Waals surface area contributed by atoms with E-state index in [1.165, 1.54) is 11.3 Å². The van der Waals surface area contributed by atoms with Crippen LogP contribution < -0.4 is 15.4 Å². The fourth-order valence-electron chi connectivity index (χ4n) is 4.35. The first-order valence-corrected chi connectivity index (χ1v) is 12.3. The lowest BCUT2D eigenvalue weighted by Gasteiger charge is -2.25. The van der Waals surface area contributed by atoms with Crippen molar-refractivity contribution in [2.75, 3.05) is 13.2 Å². The van der Waals surface area contributed by atoms with Crippen molar-refractivity contribution in [3.8, 4) is 17.0 Å². The van der Waals surface area contributed by atoms with Gasteiger partial charge in [-0.2, -0.15) is 0 Å². The summed E-state index contributed by atoms with van der Waals surface area (Å²) in [6.07, 6.45) is 0.647. The maximum Gasteiger partial charge on any atom is 0.304 e. The molecule has 1 aliphatic carbocycles. The van der Waals surface area contributed by atoms with Crippen molar-refractivity contribution in [2.24, 2.45) is 5.41 Å². The van der Waals surface area contributed by atoms with Gasteiger partial charge in [-0.05, 0) is 55.2 Å². The van der Waals surface area contributed by atoms with Gasteiger partial charge in [0.2, 0.25) is 5.91 Å². The summed E-state index contributed by atoms with van der Waals surface area (Å²) in [5.41, 5.74) is 2.84. The second kappa shape index (κ2) is 10.7. The first-order chi connectivity index (χ1) is 16.8. The number of fused-ring (bicyclic) bond motifs is 1. The van der Waals surface area contributed by atoms with Crippen molar-refractivity contribution >= 4 is 29.0 Å². The molecule has 35 heavy (non-hydrogen) atoms. The number of nitrogens with zero attached hydrogens (tertiary/aromatic N) is 1. The zero-order valence-electron chi connectivity index (χ0n) is 19.5. The van der Waals surface area contributed by atoms with E-state index in [4.69, 9.17) is 10.1 Å². The molecule has 9 heteroatoms. The van der Waals surface area contributed by atoms with Gasteiger partial charge in [-0.15, -0.1) is 11.3 Å². The van der Waals surface area contributed by atoms with Crippen LogP contribution in [0.3, 0.4) is 0 Å². The molecule has 0 atom stereocenters. The van der Waals surface area contributed by atoms with E-state index < -0.39 is 11.4 Å². The predicted octanol–water partition coefficient (Wildman–Crippen LogP) is 3.65. The number of benzene rings is 2. The van der Waals surface area contributed by atoms with E-state index in [0.717, 1.165) is 33.1 Å². The summed E-state index contributed by atoms with van der Waals surface area (Å²) in [7, 11) is 0. The van der Waals surface area contributed by atoms with Crippen molar-refractivity contribution in [1.29, 1.82) is 5.41 Å². The van der Waals surface area contributed by atoms with Crippen LogP contribution in [0.1, 0.15) is 29.5 Å². The van der Waals surface area contributed by atoms with E-state index in [1.807, 2.05) is 53.9 Å². The third-order valence-electron chi connectivity index (χ3n) is 6.01. The van der Waals surface area contributed by atoms with E-state index in [9.17, 15) is 14.7 Å². The van der Waals surface area contributed by atoms with Gasteiger partial charge in [0.15, 0.2) is 0 Å². The minimum atomic E-state index is -0.974. The van der Waals surface area contributed by atoms with Gasteiger partial charge in [-0.3, -0.25) is 15.0 Å². The Balaban J connectivity index is 1.35. The predicted molar refractivity (Wildman–Crippen MR) is 135 cm³/mol. The molecule has 4 rings (SSSR count). The minimum absolute atomic E-state index is 0.206. The molecular formula is C26H28N4O4S. The van der Waals surface area contributed by atoms with Crippen LogP contribution in [0, 0.1) is 10.8 Å². The highest BCUT2D eigenvalue weighted by Crippen LogP contribution is 2.40. The van der Waals surface area contributed by atoms with E-state index >= 15 is 0 Å². The van der Waals surface area contributed by atoms with Gasteiger partial charge in [0.25, 0.3) is 0 Å². The maximum absolute atomic E-state index is 13.2. The highest BCUT2D eigenvalue weighted by atomic mass is 32.1. The first-order valence-electron chi connectivity index (χ1n) is 11.4. The van der Waals surface area contributed by atoms with Crippen LogP contribution in [-0.2, 0) is 29.0 Å². The van der Waals surface area contributed by atoms with Crippen molar-refractivity contribution in [1.82, 2.24) is 15.6 Å². The van der Waals surface area contributed by atoms with Crippen LogP contribution in [0.25, 0.3) is 11.3 Å². The molecule has 0 fully saturated rings. The standard InChI is InChI=1S/C26H28N4O4S/c1-17(27)28-10-11-34-21-8-6-18(7-9-21)22-16-35-23(30-22)15-29-25(33)26(14-24(31)32)12-19-4-2-3-5-20(19)13-26/h2-9,16H,10-15H2,1H3,(H2,27,28)(H,29,33)(H,31,32). The van der Waals surface area contributed by atoms with Crippen LogP contribution in [0.15, 0.2) is 53.9 Å². The van der Waals surface area contributed by atoms with Crippen molar-refractivity contribution in [2.45, 2.75) is 32.7 Å². The third kappa shape index (κ3) is 6.05. The van der Waals surface area contributed by atoms with Crippen LogP contribution in [0.5, 0.6) is 5.75 Å². The molecule has 0 radical (unpaired) electrons. The fraction of sp³-hybridized carbons (Fsp3) is 0.308. The fourth-order valence-corrected chi connectivity index (χ4v) is 5.09. The Morgan fingerprint density at radius 2 is 1.80 bits per heavy atom.